The third-order valence-electron chi connectivity index (χ3n) is 3.11. The Morgan fingerprint density at radius 1 is 1.16 bits per heavy atom. The zero-order valence-corrected chi connectivity index (χ0v) is 11.2. The van der Waals surface area contributed by atoms with E-state index >= 15 is 0 Å². The Bertz CT molecular complexity index is 540. The van der Waals surface area contributed by atoms with E-state index in [1.165, 1.54) is 17.7 Å². The molecule has 0 spiro atoms. The molecule has 2 nitrogen and oxygen atoms in total. The molecule has 0 radical (unpaired) electrons. The molecule has 3 heteroatoms. The molecule has 1 unspecified atom stereocenters. The van der Waals surface area contributed by atoms with Crippen LogP contribution >= 0.6 is 0 Å². The van der Waals surface area contributed by atoms with E-state index in [0.29, 0.717) is 12.1 Å². The number of nitrogens with zero attached hydrogens (tertiary/aromatic N) is 1. The molecule has 0 saturated carbocycles. The van der Waals surface area contributed by atoms with Crippen molar-refractivity contribution in [2.45, 2.75) is 19.6 Å². The van der Waals surface area contributed by atoms with Gasteiger partial charge in [-0.05, 0) is 30.7 Å². The molecule has 0 bridgehead atoms. The van der Waals surface area contributed by atoms with Crippen LogP contribution in [0.4, 0.5) is 10.1 Å². The number of halogens is 1. The van der Waals surface area contributed by atoms with E-state index in [9.17, 15) is 9.50 Å². The lowest BCUT2D eigenvalue weighted by Crippen LogP contribution is -2.18. The highest BCUT2D eigenvalue weighted by molar-refractivity contribution is 5.54. The fourth-order valence-corrected chi connectivity index (χ4v) is 2.15. The highest BCUT2D eigenvalue weighted by Crippen LogP contribution is 2.27. The maximum Gasteiger partial charge on any atom is 0.123 e. The molecular formula is C16H18FNO. The van der Waals surface area contributed by atoms with Crippen molar-refractivity contribution >= 4 is 5.69 Å². The summed E-state index contributed by atoms with van der Waals surface area (Å²) in [6.07, 6.45) is -0.691. The van der Waals surface area contributed by atoms with Crippen molar-refractivity contribution in [1.82, 2.24) is 0 Å². The van der Waals surface area contributed by atoms with Crippen LogP contribution in [0.3, 0.4) is 0 Å². The Morgan fingerprint density at radius 2 is 1.84 bits per heavy atom. The summed E-state index contributed by atoms with van der Waals surface area (Å²) in [6.45, 7) is 2.36. The lowest BCUT2D eigenvalue weighted by molar-refractivity contribution is 0.199. The Balaban J connectivity index is 2.26. The lowest BCUT2D eigenvalue weighted by atomic mass is 10.1. The van der Waals surface area contributed by atoms with Crippen molar-refractivity contribution in [3.63, 3.8) is 0 Å². The highest BCUT2D eigenvalue weighted by Gasteiger charge is 2.13. The van der Waals surface area contributed by atoms with Gasteiger partial charge in [0.15, 0.2) is 0 Å². The number of aliphatic hydroxyl groups is 1. The van der Waals surface area contributed by atoms with Gasteiger partial charge in [-0.1, -0.05) is 30.3 Å². The zero-order valence-electron chi connectivity index (χ0n) is 11.2. The first kappa shape index (κ1) is 13.6. The van der Waals surface area contributed by atoms with Crippen molar-refractivity contribution in [1.29, 1.82) is 0 Å². The SMILES string of the molecule is CC(O)c1cc(F)ccc1N(C)Cc1ccccc1. The molecule has 0 amide bonds. The van der Waals surface area contributed by atoms with Crippen molar-refractivity contribution in [2.24, 2.45) is 0 Å². The molecule has 0 heterocycles. The van der Waals surface area contributed by atoms with Crippen LogP contribution in [0.5, 0.6) is 0 Å². The maximum absolute atomic E-state index is 13.3. The highest BCUT2D eigenvalue weighted by atomic mass is 19.1. The molecule has 100 valence electrons. The second-order valence-electron chi connectivity index (χ2n) is 4.72. The van der Waals surface area contributed by atoms with Crippen LogP contribution in [0, 0.1) is 5.82 Å². The smallest absolute Gasteiger partial charge is 0.123 e. The van der Waals surface area contributed by atoms with Gasteiger partial charge in [0.1, 0.15) is 5.82 Å². The summed E-state index contributed by atoms with van der Waals surface area (Å²) in [4.78, 5) is 2.01. The first-order valence-electron chi connectivity index (χ1n) is 6.30. The molecule has 0 aliphatic carbocycles. The third-order valence-corrected chi connectivity index (χ3v) is 3.11. The van der Waals surface area contributed by atoms with Gasteiger partial charge in [0, 0.05) is 24.8 Å². The van der Waals surface area contributed by atoms with Crippen molar-refractivity contribution in [3.05, 3.63) is 65.5 Å². The monoisotopic (exact) mass is 259 g/mol. The van der Waals surface area contributed by atoms with E-state index in [4.69, 9.17) is 0 Å². The minimum absolute atomic E-state index is 0.326. The van der Waals surface area contributed by atoms with E-state index in [0.717, 1.165) is 5.69 Å². The summed E-state index contributed by atoms with van der Waals surface area (Å²) in [6, 6.07) is 14.6. The molecule has 1 atom stereocenters. The average molecular weight is 259 g/mol. The molecule has 0 fully saturated rings. The predicted octanol–water partition coefficient (Wildman–Crippen LogP) is 3.52. The number of rotatable bonds is 4. The second kappa shape index (κ2) is 5.85. The van der Waals surface area contributed by atoms with E-state index in [1.54, 1.807) is 13.0 Å². The number of benzene rings is 2. The summed E-state index contributed by atoms with van der Waals surface area (Å²) < 4.78 is 13.3. The standard InChI is InChI=1S/C16H18FNO/c1-12(19)15-10-14(17)8-9-16(15)18(2)11-13-6-4-3-5-7-13/h3-10,12,19H,11H2,1-2H3. The molecule has 2 aromatic rings. The Labute approximate surface area is 113 Å². The number of hydrogen-bond acceptors (Lipinski definition) is 2. The average Bonchev–Trinajstić information content (AvgIpc) is 2.39. The maximum atomic E-state index is 13.3. The van der Waals surface area contributed by atoms with E-state index in [-0.39, 0.29) is 5.82 Å². The second-order valence-corrected chi connectivity index (χ2v) is 4.72. The summed E-state index contributed by atoms with van der Waals surface area (Å²) in [5, 5.41) is 9.75. The minimum Gasteiger partial charge on any atom is -0.389 e. The Hall–Kier alpha value is -1.87. The van der Waals surface area contributed by atoms with E-state index in [1.807, 2.05) is 42.3 Å². The van der Waals surface area contributed by atoms with E-state index < -0.39 is 6.10 Å². The zero-order chi connectivity index (χ0) is 13.8. The van der Waals surface area contributed by atoms with Gasteiger partial charge >= 0.3 is 0 Å². The van der Waals surface area contributed by atoms with Crippen LogP contribution in [-0.2, 0) is 6.54 Å². The number of hydrogen-bond donors (Lipinski definition) is 1. The minimum atomic E-state index is -0.691. The number of aliphatic hydroxyl groups excluding tert-OH is 1. The molecule has 0 aromatic heterocycles. The largest absolute Gasteiger partial charge is 0.389 e. The number of anilines is 1. The fourth-order valence-electron chi connectivity index (χ4n) is 2.15. The van der Waals surface area contributed by atoms with Crippen LogP contribution in [0.2, 0.25) is 0 Å². The molecule has 2 rings (SSSR count). The van der Waals surface area contributed by atoms with Crippen molar-refractivity contribution < 1.29 is 9.50 Å². The predicted molar refractivity (Wildman–Crippen MR) is 75.6 cm³/mol. The molecule has 0 saturated heterocycles. The molecule has 0 aliphatic heterocycles. The molecule has 19 heavy (non-hydrogen) atoms. The van der Waals surface area contributed by atoms with Gasteiger partial charge in [-0.2, -0.15) is 0 Å². The third kappa shape index (κ3) is 3.32. The first-order valence-corrected chi connectivity index (χ1v) is 6.30. The van der Waals surface area contributed by atoms with Gasteiger partial charge in [0.25, 0.3) is 0 Å². The van der Waals surface area contributed by atoms with Crippen molar-refractivity contribution in [3.8, 4) is 0 Å². The van der Waals surface area contributed by atoms with Crippen molar-refractivity contribution in [2.75, 3.05) is 11.9 Å². The first-order chi connectivity index (χ1) is 9.08. The topological polar surface area (TPSA) is 23.5 Å². The fraction of sp³-hybridized carbons (Fsp3) is 0.250. The molecular weight excluding hydrogens is 241 g/mol. The van der Waals surface area contributed by atoms with Crippen LogP contribution in [0.25, 0.3) is 0 Å². The molecule has 1 N–H and O–H groups in total. The van der Waals surface area contributed by atoms with Gasteiger partial charge < -0.3 is 10.0 Å². The van der Waals surface area contributed by atoms with Gasteiger partial charge in [-0.15, -0.1) is 0 Å². The quantitative estimate of drug-likeness (QED) is 0.908. The summed E-state index contributed by atoms with van der Waals surface area (Å²) in [5.41, 5.74) is 2.63. The van der Waals surface area contributed by atoms with Gasteiger partial charge in [0.05, 0.1) is 6.10 Å². The van der Waals surface area contributed by atoms with Crippen LogP contribution in [-0.4, -0.2) is 12.2 Å². The van der Waals surface area contributed by atoms with Crippen LogP contribution in [0.1, 0.15) is 24.2 Å². The molecule has 2 aromatic carbocycles. The van der Waals surface area contributed by atoms with Gasteiger partial charge in [0.2, 0.25) is 0 Å². The molecule has 0 aliphatic rings. The van der Waals surface area contributed by atoms with Gasteiger partial charge in [-0.3, -0.25) is 0 Å². The normalized spacial score (nSPS) is 12.2. The van der Waals surface area contributed by atoms with Gasteiger partial charge in [-0.25, -0.2) is 4.39 Å². The van der Waals surface area contributed by atoms with Crippen LogP contribution < -0.4 is 4.90 Å². The van der Waals surface area contributed by atoms with Crippen LogP contribution in [0.15, 0.2) is 48.5 Å². The summed E-state index contributed by atoms with van der Waals surface area (Å²) in [5.74, 6) is -0.326. The Kier molecular flexibility index (Phi) is 4.17. The summed E-state index contributed by atoms with van der Waals surface area (Å²) >= 11 is 0. The Morgan fingerprint density at radius 3 is 2.47 bits per heavy atom. The van der Waals surface area contributed by atoms with E-state index in [2.05, 4.69) is 0 Å². The summed E-state index contributed by atoms with van der Waals surface area (Å²) in [7, 11) is 1.94. The lowest BCUT2D eigenvalue weighted by Gasteiger charge is -2.23.